The van der Waals surface area contributed by atoms with Crippen molar-refractivity contribution >= 4 is 12.0 Å². The normalized spacial score (nSPS) is 9.61. The maximum Gasteiger partial charge on any atom is 0.407 e. The summed E-state index contributed by atoms with van der Waals surface area (Å²) in [5, 5.41) is 5.46. The Bertz CT molecular complexity index is 336. The zero-order valence-electron chi connectivity index (χ0n) is 21.1. The molecule has 0 aromatic rings. The minimum atomic E-state index is -0.394. The average molecular weight is 455 g/mol. The minimum absolute atomic E-state index is 0. The van der Waals surface area contributed by atoms with Crippen LogP contribution in [-0.4, -0.2) is 71.3 Å². The monoisotopic (exact) mass is 454 g/mol. The van der Waals surface area contributed by atoms with E-state index in [0.29, 0.717) is 65.8 Å². The molecule has 0 unspecified atom stereocenters. The third-order valence-corrected chi connectivity index (χ3v) is 3.02. The van der Waals surface area contributed by atoms with Crippen LogP contribution in [0.15, 0.2) is 0 Å². The van der Waals surface area contributed by atoms with E-state index in [0.717, 1.165) is 19.3 Å². The van der Waals surface area contributed by atoms with Gasteiger partial charge in [-0.1, -0.05) is 47.5 Å². The van der Waals surface area contributed by atoms with E-state index in [2.05, 4.69) is 38.3 Å². The third kappa shape index (κ3) is 39.6. The molecule has 192 valence electrons. The first-order valence-corrected chi connectivity index (χ1v) is 11.9. The number of hydrogen-bond donors (Lipinski definition) is 2. The summed E-state index contributed by atoms with van der Waals surface area (Å²) in [6.45, 7) is 17.1. The van der Waals surface area contributed by atoms with Crippen molar-refractivity contribution in [1.29, 1.82) is 0 Å². The molecule has 0 heterocycles. The van der Waals surface area contributed by atoms with Crippen molar-refractivity contribution < 1.29 is 31.4 Å². The zero-order valence-corrected chi connectivity index (χ0v) is 21.1. The van der Waals surface area contributed by atoms with Gasteiger partial charge in [0, 0.05) is 35.6 Å². The quantitative estimate of drug-likeness (QED) is 0.306. The number of carbonyl (C=O) groups is 2. The Morgan fingerprint density at radius 3 is 1.52 bits per heavy atom. The summed E-state index contributed by atoms with van der Waals surface area (Å²) >= 11 is 0. The number of carbonyl (C=O) groups excluding carboxylic acids is 2. The maximum absolute atomic E-state index is 11.2. The molecule has 0 aliphatic carbocycles. The topological polar surface area (TPSA) is 95.1 Å². The highest BCUT2D eigenvalue weighted by Gasteiger charge is 1.99. The second-order valence-corrected chi connectivity index (χ2v) is 6.71. The Kier molecular flexibility index (Phi) is 36.7. The van der Waals surface area contributed by atoms with Crippen LogP contribution in [0.5, 0.6) is 0 Å². The van der Waals surface area contributed by atoms with Crippen molar-refractivity contribution in [3.63, 3.8) is 0 Å². The van der Waals surface area contributed by atoms with Crippen LogP contribution in [-0.2, 0) is 23.7 Å². The van der Waals surface area contributed by atoms with Crippen molar-refractivity contribution in [3.8, 4) is 0 Å². The lowest BCUT2D eigenvalue weighted by Gasteiger charge is -2.08. The van der Waals surface area contributed by atoms with Gasteiger partial charge in [-0.05, 0) is 26.2 Å². The van der Waals surface area contributed by atoms with Gasteiger partial charge in [0.15, 0.2) is 0 Å². The maximum atomic E-state index is 11.2. The Morgan fingerprint density at radius 2 is 1.10 bits per heavy atom. The summed E-state index contributed by atoms with van der Waals surface area (Å²) in [6.07, 6.45) is 5.09. The molecule has 31 heavy (non-hydrogen) atoms. The predicted molar refractivity (Wildman–Crippen MR) is 131 cm³/mol. The second-order valence-electron chi connectivity index (χ2n) is 6.71. The molecule has 8 heteroatoms. The lowest BCUT2D eigenvalue weighted by Crippen LogP contribution is -2.26. The number of ether oxygens (including phenoxy) is 4. The summed E-state index contributed by atoms with van der Waals surface area (Å²) in [6, 6.07) is 0. The van der Waals surface area contributed by atoms with Gasteiger partial charge in [-0.2, -0.15) is 0 Å². The molecule has 0 atom stereocenters. The molecule has 0 radical (unpaired) electrons. The fourth-order valence-electron chi connectivity index (χ4n) is 1.81. The van der Waals surface area contributed by atoms with Gasteiger partial charge in [0.2, 0.25) is 5.91 Å². The molecule has 0 saturated carbocycles. The molecule has 0 spiro atoms. The molecule has 0 aromatic carbocycles. The number of rotatable bonds is 17. The molecule has 2 amide bonds. The van der Waals surface area contributed by atoms with Crippen LogP contribution < -0.4 is 10.6 Å². The van der Waals surface area contributed by atoms with E-state index < -0.39 is 6.09 Å². The van der Waals surface area contributed by atoms with Gasteiger partial charge in [0.1, 0.15) is 0 Å². The van der Waals surface area contributed by atoms with Crippen molar-refractivity contribution in [1.82, 2.24) is 10.6 Å². The molecule has 2 N–H and O–H groups in total. The Hall–Kier alpha value is -1.38. The van der Waals surface area contributed by atoms with Crippen LogP contribution >= 0.6 is 0 Å². The standard InChI is InChI=1S/C17H34N2O6.2C3H8.2H2/c1-3-7-16(20)18-8-5-10-22-12-14-24-15-13-23-11-6-9-19-17(21)25-4-2;2*1-3-2;;/h3-15H2,1-2H3,(H,18,20)(H,19,21);2*3H2,1-2H3;2*1H. The van der Waals surface area contributed by atoms with Crippen LogP contribution in [0.3, 0.4) is 0 Å². The average Bonchev–Trinajstić information content (AvgIpc) is 2.72. The van der Waals surface area contributed by atoms with E-state index in [1.54, 1.807) is 6.92 Å². The van der Waals surface area contributed by atoms with Gasteiger partial charge in [0.25, 0.3) is 0 Å². The number of amides is 2. The minimum Gasteiger partial charge on any atom is -0.450 e. The summed E-state index contributed by atoms with van der Waals surface area (Å²) in [5.74, 6) is 0.0995. The van der Waals surface area contributed by atoms with E-state index in [4.69, 9.17) is 18.9 Å². The van der Waals surface area contributed by atoms with Crippen LogP contribution in [0.1, 0.15) is 82.9 Å². The molecule has 0 aliphatic rings. The summed E-state index contributed by atoms with van der Waals surface area (Å²) in [5.41, 5.74) is 0. The van der Waals surface area contributed by atoms with Crippen LogP contribution in [0, 0.1) is 0 Å². The van der Waals surface area contributed by atoms with Gasteiger partial charge in [0.05, 0.1) is 33.0 Å². The molecule has 8 nitrogen and oxygen atoms in total. The van der Waals surface area contributed by atoms with Gasteiger partial charge >= 0.3 is 6.09 Å². The first-order valence-electron chi connectivity index (χ1n) is 11.9. The smallest absolute Gasteiger partial charge is 0.407 e. The molecule has 0 saturated heterocycles. The van der Waals surface area contributed by atoms with E-state index in [1.165, 1.54) is 12.8 Å². The lowest BCUT2D eigenvalue weighted by atomic mass is 10.3. The van der Waals surface area contributed by atoms with Gasteiger partial charge in [-0.15, -0.1) is 0 Å². The summed E-state index contributed by atoms with van der Waals surface area (Å²) in [7, 11) is 0. The van der Waals surface area contributed by atoms with E-state index >= 15 is 0 Å². The highest BCUT2D eigenvalue weighted by atomic mass is 16.5. The van der Waals surface area contributed by atoms with Crippen LogP contribution in [0.2, 0.25) is 0 Å². The van der Waals surface area contributed by atoms with Crippen molar-refractivity contribution in [2.75, 3.05) is 59.3 Å². The van der Waals surface area contributed by atoms with Gasteiger partial charge < -0.3 is 29.6 Å². The Balaban J connectivity index is -0.000000292. The van der Waals surface area contributed by atoms with E-state index in [-0.39, 0.29) is 8.76 Å². The number of alkyl carbamates (subject to hydrolysis) is 1. The molecule has 0 rings (SSSR count). The van der Waals surface area contributed by atoms with Gasteiger partial charge in [-0.25, -0.2) is 4.79 Å². The van der Waals surface area contributed by atoms with Gasteiger partial charge in [-0.3, -0.25) is 4.79 Å². The number of hydrogen-bond acceptors (Lipinski definition) is 6. The summed E-state index contributed by atoms with van der Waals surface area (Å²) < 4.78 is 20.9. The first-order chi connectivity index (χ1) is 15.0. The van der Waals surface area contributed by atoms with Crippen molar-refractivity contribution in [3.05, 3.63) is 0 Å². The predicted octanol–water partition coefficient (Wildman–Crippen LogP) is 4.80. The Labute approximate surface area is 194 Å². The highest BCUT2D eigenvalue weighted by molar-refractivity contribution is 5.75. The largest absolute Gasteiger partial charge is 0.450 e. The highest BCUT2D eigenvalue weighted by Crippen LogP contribution is 1.88. The van der Waals surface area contributed by atoms with Crippen LogP contribution in [0.4, 0.5) is 4.79 Å². The molecule has 0 bridgehead atoms. The molecule has 0 fully saturated rings. The molecular formula is C23H54N2O6. The third-order valence-electron chi connectivity index (χ3n) is 3.02. The molecule has 0 aromatic heterocycles. The van der Waals surface area contributed by atoms with Crippen molar-refractivity contribution in [2.45, 2.75) is 80.1 Å². The van der Waals surface area contributed by atoms with E-state index in [1.807, 2.05) is 6.92 Å². The molecule has 0 aliphatic heterocycles. The Morgan fingerprint density at radius 1 is 0.677 bits per heavy atom. The zero-order chi connectivity index (χ0) is 24.0. The summed E-state index contributed by atoms with van der Waals surface area (Å²) in [4.78, 5) is 22.2. The molecular weight excluding hydrogens is 400 g/mol. The SMILES string of the molecule is CCC.CCC.CCCC(=O)NCCCOCCOCCOCCCNC(=O)OCC.[HH].[HH]. The lowest BCUT2D eigenvalue weighted by molar-refractivity contribution is -0.121. The first kappa shape index (κ1) is 34.2. The fraction of sp³-hybridized carbons (Fsp3) is 0.913. The number of nitrogens with one attached hydrogen (secondary N) is 2. The fourth-order valence-corrected chi connectivity index (χ4v) is 1.81. The van der Waals surface area contributed by atoms with Crippen LogP contribution in [0.25, 0.3) is 0 Å². The van der Waals surface area contributed by atoms with E-state index in [9.17, 15) is 9.59 Å². The van der Waals surface area contributed by atoms with Crippen molar-refractivity contribution in [2.24, 2.45) is 0 Å². The second kappa shape index (κ2) is 33.3.